The molecule has 0 spiro atoms. The van der Waals surface area contributed by atoms with E-state index in [4.69, 9.17) is 4.74 Å². The summed E-state index contributed by atoms with van der Waals surface area (Å²) in [4.78, 5) is 22.7. The monoisotopic (exact) mass is 297 g/mol. The maximum absolute atomic E-state index is 12.3. The molecule has 0 unspecified atom stereocenters. The van der Waals surface area contributed by atoms with Gasteiger partial charge in [0.15, 0.2) is 0 Å². The van der Waals surface area contributed by atoms with Crippen molar-refractivity contribution in [3.05, 3.63) is 0 Å². The number of ether oxygens (including phenoxy) is 1. The largest absolute Gasteiger partial charge is 0.378 e. The molecule has 0 saturated carbocycles. The fourth-order valence-corrected chi connectivity index (χ4v) is 3.33. The SMILES string of the molecule is CN(C)c1nsc(N2C[C@@H]3COC[C@H](C2)N(C)C3=O)n1. The molecule has 0 aromatic carbocycles. The first-order valence-corrected chi connectivity index (χ1v) is 7.44. The minimum absolute atomic E-state index is 0.0849. The average molecular weight is 297 g/mol. The lowest BCUT2D eigenvalue weighted by atomic mass is 10.1. The Bertz CT molecular complexity index is 506. The molecule has 1 aromatic heterocycles. The fourth-order valence-electron chi connectivity index (χ4n) is 2.57. The third-order valence-electron chi connectivity index (χ3n) is 3.82. The molecule has 3 heterocycles. The number of rotatable bonds is 2. The highest BCUT2D eigenvalue weighted by Gasteiger charge is 2.38. The number of hydrogen-bond donors (Lipinski definition) is 0. The average Bonchev–Trinajstić information content (AvgIpc) is 2.79. The van der Waals surface area contributed by atoms with Crippen LogP contribution in [0.25, 0.3) is 0 Å². The molecular weight excluding hydrogens is 278 g/mol. The van der Waals surface area contributed by atoms with Gasteiger partial charge in [0.05, 0.1) is 25.2 Å². The second kappa shape index (κ2) is 5.17. The summed E-state index contributed by atoms with van der Waals surface area (Å²) in [6.07, 6.45) is 0. The Kier molecular flexibility index (Phi) is 3.51. The molecule has 0 radical (unpaired) electrons. The number of carbonyl (C=O) groups excluding carboxylic acids is 1. The van der Waals surface area contributed by atoms with Gasteiger partial charge in [-0.2, -0.15) is 9.36 Å². The second-order valence-corrected chi connectivity index (χ2v) is 6.24. The standard InChI is InChI=1S/C12H19N5O2S/c1-15(2)11-13-12(20-14-11)17-4-8-6-19-7-9(5-17)16(3)10(8)18/h8-9H,4-7H2,1-3H3/t8-,9+/m1/s1. The minimum Gasteiger partial charge on any atom is -0.378 e. The summed E-state index contributed by atoms with van der Waals surface area (Å²) in [5.74, 6) is 0.780. The fraction of sp³-hybridized carbons (Fsp3) is 0.750. The van der Waals surface area contributed by atoms with E-state index in [2.05, 4.69) is 14.3 Å². The first-order valence-electron chi connectivity index (χ1n) is 6.66. The molecule has 3 rings (SSSR count). The van der Waals surface area contributed by atoms with Gasteiger partial charge >= 0.3 is 0 Å². The molecule has 2 aliphatic rings. The van der Waals surface area contributed by atoms with Gasteiger partial charge in [0.1, 0.15) is 0 Å². The molecule has 2 aliphatic heterocycles. The summed E-state index contributed by atoms with van der Waals surface area (Å²) in [5.41, 5.74) is 0. The van der Waals surface area contributed by atoms with E-state index in [-0.39, 0.29) is 17.9 Å². The minimum atomic E-state index is -0.112. The zero-order valence-electron chi connectivity index (χ0n) is 11.9. The lowest BCUT2D eigenvalue weighted by Crippen LogP contribution is -2.43. The Labute approximate surface area is 122 Å². The van der Waals surface area contributed by atoms with Crippen LogP contribution in [0.3, 0.4) is 0 Å². The van der Waals surface area contributed by atoms with Crippen LogP contribution in [0.1, 0.15) is 0 Å². The van der Waals surface area contributed by atoms with Gasteiger partial charge in [0, 0.05) is 45.8 Å². The van der Waals surface area contributed by atoms with Crippen LogP contribution in [-0.4, -0.2) is 73.7 Å². The molecular formula is C12H19N5O2S. The van der Waals surface area contributed by atoms with E-state index in [1.165, 1.54) is 11.5 Å². The number of carbonyl (C=O) groups is 1. The normalized spacial score (nSPS) is 26.6. The molecule has 0 aliphatic carbocycles. The smallest absolute Gasteiger partial charge is 0.238 e. The molecule has 2 atom stereocenters. The van der Waals surface area contributed by atoms with Crippen LogP contribution in [0.5, 0.6) is 0 Å². The Morgan fingerprint density at radius 1 is 1.35 bits per heavy atom. The van der Waals surface area contributed by atoms with Gasteiger partial charge in [0.2, 0.25) is 17.0 Å². The molecule has 2 fully saturated rings. The van der Waals surface area contributed by atoms with E-state index in [1.54, 1.807) is 0 Å². The molecule has 20 heavy (non-hydrogen) atoms. The van der Waals surface area contributed by atoms with Crippen LogP contribution in [-0.2, 0) is 9.53 Å². The van der Waals surface area contributed by atoms with Gasteiger partial charge in [0.25, 0.3) is 0 Å². The van der Waals surface area contributed by atoms with E-state index < -0.39 is 0 Å². The molecule has 0 N–H and O–H groups in total. The van der Waals surface area contributed by atoms with E-state index in [0.29, 0.717) is 19.8 Å². The van der Waals surface area contributed by atoms with Crippen molar-refractivity contribution in [3.63, 3.8) is 0 Å². The quantitative estimate of drug-likeness (QED) is 0.759. The van der Waals surface area contributed by atoms with E-state index in [0.717, 1.165) is 17.6 Å². The van der Waals surface area contributed by atoms with Gasteiger partial charge in [-0.15, -0.1) is 0 Å². The first kappa shape index (κ1) is 13.6. The Hall–Kier alpha value is -1.41. The Morgan fingerprint density at radius 2 is 2.15 bits per heavy atom. The summed E-state index contributed by atoms with van der Waals surface area (Å²) >= 11 is 1.39. The van der Waals surface area contributed by atoms with Crippen LogP contribution in [0.4, 0.5) is 11.1 Å². The number of fused-ring (bicyclic) bond motifs is 3. The van der Waals surface area contributed by atoms with Crippen molar-refractivity contribution < 1.29 is 9.53 Å². The maximum Gasteiger partial charge on any atom is 0.238 e. The van der Waals surface area contributed by atoms with Crippen molar-refractivity contribution >= 4 is 28.5 Å². The number of anilines is 2. The van der Waals surface area contributed by atoms with Crippen molar-refractivity contribution in [2.45, 2.75) is 6.04 Å². The predicted octanol–water partition coefficient (Wildman–Crippen LogP) is -0.103. The molecule has 2 saturated heterocycles. The van der Waals surface area contributed by atoms with Crippen molar-refractivity contribution in [2.24, 2.45) is 5.92 Å². The molecule has 1 amide bonds. The van der Waals surface area contributed by atoms with Crippen molar-refractivity contribution in [1.29, 1.82) is 0 Å². The summed E-state index contributed by atoms with van der Waals surface area (Å²) in [6.45, 7) is 2.49. The highest BCUT2D eigenvalue weighted by Crippen LogP contribution is 2.27. The lowest BCUT2D eigenvalue weighted by molar-refractivity contribution is -0.133. The molecule has 7 nitrogen and oxygen atoms in total. The number of hydrogen-bond acceptors (Lipinski definition) is 7. The van der Waals surface area contributed by atoms with Crippen molar-refractivity contribution in [2.75, 3.05) is 57.2 Å². The number of likely N-dealkylation sites (N-methyl/N-ethyl adjacent to an activating group) is 1. The topological polar surface area (TPSA) is 61.8 Å². The third kappa shape index (κ3) is 2.33. The summed E-state index contributed by atoms with van der Waals surface area (Å²) < 4.78 is 9.94. The zero-order chi connectivity index (χ0) is 14.3. The van der Waals surface area contributed by atoms with Gasteiger partial charge in [-0.25, -0.2) is 0 Å². The Balaban J connectivity index is 1.86. The molecule has 1 aromatic rings. The van der Waals surface area contributed by atoms with Crippen molar-refractivity contribution in [3.8, 4) is 0 Å². The molecule has 2 bridgehead atoms. The number of aromatic nitrogens is 2. The van der Waals surface area contributed by atoms with Crippen LogP contribution >= 0.6 is 11.5 Å². The van der Waals surface area contributed by atoms with Gasteiger partial charge < -0.3 is 19.4 Å². The number of amides is 1. The first-order chi connectivity index (χ1) is 9.56. The summed E-state index contributed by atoms with van der Waals surface area (Å²) in [6, 6.07) is 0.0849. The molecule has 8 heteroatoms. The lowest BCUT2D eigenvalue weighted by Gasteiger charge is -2.28. The highest BCUT2D eigenvalue weighted by atomic mass is 32.1. The van der Waals surface area contributed by atoms with Gasteiger partial charge in [-0.3, -0.25) is 4.79 Å². The van der Waals surface area contributed by atoms with E-state index in [9.17, 15) is 4.79 Å². The van der Waals surface area contributed by atoms with E-state index >= 15 is 0 Å². The summed E-state index contributed by atoms with van der Waals surface area (Å²) in [7, 11) is 5.71. The third-order valence-corrected chi connectivity index (χ3v) is 4.59. The molecule has 110 valence electrons. The van der Waals surface area contributed by atoms with Crippen LogP contribution in [0, 0.1) is 5.92 Å². The summed E-state index contributed by atoms with van der Waals surface area (Å²) in [5, 5.41) is 0.883. The zero-order valence-corrected chi connectivity index (χ0v) is 12.8. The van der Waals surface area contributed by atoms with Gasteiger partial charge in [-0.1, -0.05) is 0 Å². The highest BCUT2D eigenvalue weighted by molar-refractivity contribution is 7.09. The second-order valence-electron chi connectivity index (χ2n) is 5.51. The number of nitrogens with zero attached hydrogens (tertiary/aromatic N) is 5. The predicted molar refractivity (Wildman–Crippen MR) is 77.3 cm³/mol. The Morgan fingerprint density at radius 3 is 2.85 bits per heavy atom. The van der Waals surface area contributed by atoms with Crippen LogP contribution < -0.4 is 9.80 Å². The van der Waals surface area contributed by atoms with Gasteiger partial charge in [-0.05, 0) is 0 Å². The van der Waals surface area contributed by atoms with E-state index in [1.807, 2.05) is 30.9 Å². The van der Waals surface area contributed by atoms with Crippen molar-refractivity contribution in [1.82, 2.24) is 14.3 Å². The van der Waals surface area contributed by atoms with Crippen LogP contribution in [0.2, 0.25) is 0 Å². The maximum atomic E-state index is 12.3. The van der Waals surface area contributed by atoms with Crippen LogP contribution in [0.15, 0.2) is 0 Å².